The van der Waals surface area contributed by atoms with E-state index in [-0.39, 0.29) is 24.1 Å². The molecule has 0 bridgehead atoms. The Morgan fingerprint density at radius 1 is 1.14 bits per heavy atom. The Morgan fingerprint density at radius 3 is 2.45 bits per heavy atom. The van der Waals surface area contributed by atoms with E-state index in [2.05, 4.69) is 6.58 Å². The molecule has 0 spiro atoms. The minimum Gasteiger partial charge on any atom is -0.300 e. The number of carbonyl (C=O) groups excluding carboxylic acids is 3. The maximum absolute atomic E-state index is 12.5. The Kier molecular flexibility index (Phi) is 3.37. The van der Waals surface area contributed by atoms with Gasteiger partial charge in [0.05, 0.1) is 0 Å². The van der Waals surface area contributed by atoms with Gasteiger partial charge in [-0.1, -0.05) is 24.3 Å². The van der Waals surface area contributed by atoms with E-state index in [0.29, 0.717) is 22.9 Å². The summed E-state index contributed by atoms with van der Waals surface area (Å²) in [6.07, 6.45) is 1.82. The van der Waals surface area contributed by atoms with Crippen LogP contribution in [0.3, 0.4) is 0 Å². The average molecular weight is 293 g/mol. The molecule has 0 saturated heterocycles. The summed E-state index contributed by atoms with van der Waals surface area (Å²) < 4.78 is 0. The van der Waals surface area contributed by atoms with Crippen LogP contribution >= 0.6 is 0 Å². The van der Waals surface area contributed by atoms with E-state index in [0.717, 1.165) is 10.9 Å². The van der Waals surface area contributed by atoms with E-state index in [1.807, 2.05) is 6.07 Å². The van der Waals surface area contributed by atoms with Crippen LogP contribution in [-0.4, -0.2) is 29.0 Å². The molecule has 0 N–H and O–H groups in total. The Bertz CT molecular complexity index is 813. The molecule has 0 atom stereocenters. The topological polar surface area (TPSA) is 54.5 Å². The molecule has 0 unspecified atom stereocenters. The van der Waals surface area contributed by atoms with Gasteiger partial charge in [0.25, 0.3) is 11.8 Å². The summed E-state index contributed by atoms with van der Waals surface area (Å²) in [5, 5.41) is 1.45. The van der Waals surface area contributed by atoms with Crippen LogP contribution in [0.2, 0.25) is 0 Å². The molecule has 0 aliphatic carbocycles. The van der Waals surface area contributed by atoms with Crippen LogP contribution in [-0.2, 0) is 11.2 Å². The first-order chi connectivity index (χ1) is 10.5. The highest BCUT2D eigenvalue weighted by atomic mass is 16.2. The molecule has 110 valence electrons. The highest BCUT2D eigenvalue weighted by Gasteiger charge is 2.32. The molecule has 4 heteroatoms. The molecule has 22 heavy (non-hydrogen) atoms. The summed E-state index contributed by atoms with van der Waals surface area (Å²) >= 11 is 0. The lowest BCUT2D eigenvalue weighted by Gasteiger charge is -2.26. The van der Waals surface area contributed by atoms with Gasteiger partial charge in [0.1, 0.15) is 5.78 Å². The van der Waals surface area contributed by atoms with Crippen LogP contribution in [0.5, 0.6) is 0 Å². The number of hydrogen-bond donors (Lipinski definition) is 0. The van der Waals surface area contributed by atoms with E-state index in [1.54, 1.807) is 24.3 Å². The molecule has 0 saturated carbocycles. The van der Waals surface area contributed by atoms with Crippen molar-refractivity contribution in [1.82, 2.24) is 4.90 Å². The number of amides is 2. The Balaban J connectivity index is 2.29. The molecule has 1 heterocycles. The number of ketones is 1. The van der Waals surface area contributed by atoms with Gasteiger partial charge in [0, 0.05) is 29.5 Å². The second-order valence-corrected chi connectivity index (χ2v) is 5.39. The Hall–Kier alpha value is -2.75. The highest BCUT2D eigenvalue weighted by Crippen LogP contribution is 2.32. The van der Waals surface area contributed by atoms with Crippen LogP contribution in [0.4, 0.5) is 0 Å². The monoisotopic (exact) mass is 293 g/mol. The standard InChI is InChI=1S/C18H15NO3/c1-3-9-19-17(21)14-6-4-5-13-12(10-11(2)20)7-8-15(16(13)14)18(19)22/h3-8H,1,9-10H2,2H3. The van der Waals surface area contributed by atoms with Gasteiger partial charge in [-0.15, -0.1) is 6.58 Å². The first-order valence-electron chi connectivity index (χ1n) is 7.05. The zero-order chi connectivity index (χ0) is 15.9. The van der Waals surface area contributed by atoms with Crippen molar-refractivity contribution < 1.29 is 14.4 Å². The van der Waals surface area contributed by atoms with Gasteiger partial charge < -0.3 is 0 Å². The number of nitrogens with zero attached hydrogens (tertiary/aromatic N) is 1. The molecular formula is C18H15NO3. The fraction of sp³-hybridized carbons (Fsp3) is 0.167. The van der Waals surface area contributed by atoms with Crippen molar-refractivity contribution in [3.05, 3.63) is 59.7 Å². The van der Waals surface area contributed by atoms with Crippen LogP contribution in [0, 0.1) is 0 Å². The molecule has 2 amide bonds. The molecule has 3 rings (SSSR count). The van der Waals surface area contributed by atoms with E-state index >= 15 is 0 Å². The van der Waals surface area contributed by atoms with Crippen molar-refractivity contribution in [3.63, 3.8) is 0 Å². The Labute approximate surface area is 128 Å². The minimum atomic E-state index is -0.317. The summed E-state index contributed by atoms with van der Waals surface area (Å²) in [5.74, 6) is -0.589. The Morgan fingerprint density at radius 2 is 1.82 bits per heavy atom. The third-order valence-corrected chi connectivity index (χ3v) is 3.83. The fourth-order valence-corrected chi connectivity index (χ4v) is 2.92. The molecule has 2 aromatic carbocycles. The van der Waals surface area contributed by atoms with Gasteiger partial charge in [-0.2, -0.15) is 0 Å². The van der Waals surface area contributed by atoms with Crippen molar-refractivity contribution in [2.24, 2.45) is 0 Å². The predicted octanol–water partition coefficient (Wildman–Crippen LogP) is 2.75. The highest BCUT2D eigenvalue weighted by molar-refractivity contribution is 6.25. The normalized spacial score (nSPS) is 13.6. The number of hydrogen-bond acceptors (Lipinski definition) is 3. The molecular weight excluding hydrogens is 278 g/mol. The largest absolute Gasteiger partial charge is 0.300 e. The van der Waals surface area contributed by atoms with Crippen LogP contribution in [0.15, 0.2) is 43.0 Å². The summed E-state index contributed by atoms with van der Waals surface area (Å²) in [5.41, 5.74) is 1.84. The molecule has 0 fully saturated rings. The van der Waals surface area contributed by atoms with Crippen molar-refractivity contribution in [2.45, 2.75) is 13.3 Å². The predicted molar refractivity (Wildman–Crippen MR) is 83.9 cm³/mol. The summed E-state index contributed by atoms with van der Waals surface area (Å²) in [6.45, 7) is 5.30. The van der Waals surface area contributed by atoms with Gasteiger partial charge in [-0.25, -0.2) is 0 Å². The van der Waals surface area contributed by atoms with Gasteiger partial charge in [-0.3, -0.25) is 19.3 Å². The number of imide groups is 1. The first kappa shape index (κ1) is 14.2. The van der Waals surface area contributed by atoms with Crippen molar-refractivity contribution in [3.8, 4) is 0 Å². The third-order valence-electron chi connectivity index (χ3n) is 3.83. The quantitative estimate of drug-likeness (QED) is 0.643. The fourth-order valence-electron chi connectivity index (χ4n) is 2.92. The van der Waals surface area contributed by atoms with E-state index in [9.17, 15) is 14.4 Å². The van der Waals surface area contributed by atoms with E-state index in [4.69, 9.17) is 0 Å². The van der Waals surface area contributed by atoms with Gasteiger partial charge in [0.2, 0.25) is 0 Å². The maximum atomic E-state index is 12.5. The number of rotatable bonds is 4. The summed E-state index contributed by atoms with van der Waals surface area (Å²) in [7, 11) is 0. The smallest absolute Gasteiger partial charge is 0.261 e. The van der Waals surface area contributed by atoms with Gasteiger partial charge in [0.15, 0.2) is 0 Å². The number of benzene rings is 2. The summed E-state index contributed by atoms with van der Waals surface area (Å²) in [6, 6.07) is 8.85. The molecule has 1 aliphatic heterocycles. The van der Waals surface area contributed by atoms with Crippen LogP contribution in [0.1, 0.15) is 33.2 Å². The van der Waals surface area contributed by atoms with E-state index < -0.39 is 0 Å². The van der Waals surface area contributed by atoms with Crippen LogP contribution < -0.4 is 0 Å². The van der Waals surface area contributed by atoms with Crippen molar-refractivity contribution in [2.75, 3.05) is 6.54 Å². The van der Waals surface area contributed by atoms with E-state index in [1.165, 1.54) is 17.9 Å². The maximum Gasteiger partial charge on any atom is 0.261 e. The number of Topliss-reactive ketones (excluding diaryl/α,β-unsaturated/α-hetero) is 1. The van der Waals surface area contributed by atoms with Gasteiger partial charge >= 0.3 is 0 Å². The molecule has 1 aliphatic rings. The molecule has 0 radical (unpaired) electrons. The van der Waals surface area contributed by atoms with Crippen LogP contribution in [0.25, 0.3) is 10.8 Å². The second-order valence-electron chi connectivity index (χ2n) is 5.39. The van der Waals surface area contributed by atoms with Crippen molar-refractivity contribution in [1.29, 1.82) is 0 Å². The van der Waals surface area contributed by atoms with Gasteiger partial charge in [-0.05, 0) is 30.0 Å². The minimum absolute atomic E-state index is 0.0439. The number of carbonyl (C=O) groups is 3. The SMILES string of the molecule is C=CCN1C(=O)c2cccc3c(CC(C)=O)ccc(c23)C1=O. The molecule has 0 aromatic heterocycles. The molecule has 2 aromatic rings. The summed E-state index contributed by atoms with van der Waals surface area (Å²) in [4.78, 5) is 37.7. The third kappa shape index (κ3) is 2.04. The second kappa shape index (κ2) is 5.22. The lowest BCUT2D eigenvalue weighted by Crippen LogP contribution is -2.40. The lowest BCUT2D eigenvalue weighted by molar-refractivity contribution is -0.116. The zero-order valence-corrected chi connectivity index (χ0v) is 12.3. The first-order valence-corrected chi connectivity index (χ1v) is 7.05. The molecule has 4 nitrogen and oxygen atoms in total. The lowest BCUT2D eigenvalue weighted by atomic mass is 9.90. The average Bonchev–Trinajstić information content (AvgIpc) is 2.49. The van der Waals surface area contributed by atoms with Crippen molar-refractivity contribution >= 4 is 28.4 Å². The zero-order valence-electron chi connectivity index (χ0n) is 12.3.